The Morgan fingerprint density at radius 1 is 1.08 bits per heavy atom. The predicted octanol–water partition coefficient (Wildman–Crippen LogP) is 0.836. The molecule has 1 aromatic heterocycles. The van der Waals surface area contributed by atoms with Gasteiger partial charge in [0.15, 0.2) is 0 Å². The minimum absolute atomic E-state index is 0. The fourth-order valence-corrected chi connectivity index (χ4v) is 4.16. The lowest BCUT2D eigenvalue weighted by Crippen LogP contribution is -2.45. The highest BCUT2D eigenvalue weighted by molar-refractivity contribution is 5.85. The van der Waals surface area contributed by atoms with E-state index >= 15 is 0 Å². The minimum atomic E-state index is 0. The summed E-state index contributed by atoms with van der Waals surface area (Å²) in [6.07, 6.45) is 6.72. The number of aromatic nitrogens is 2. The van der Waals surface area contributed by atoms with E-state index in [9.17, 15) is 0 Å². The smallest absolute Gasteiger partial charge is 0.225 e. The van der Waals surface area contributed by atoms with Gasteiger partial charge >= 0.3 is 0 Å². The van der Waals surface area contributed by atoms with Crippen LogP contribution in [-0.4, -0.2) is 79.2 Å². The molecular weight excluding hydrogens is 324 g/mol. The van der Waals surface area contributed by atoms with Gasteiger partial charge in [0.05, 0.1) is 0 Å². The van der Waals surface area contributed by atoms with Crippen LogP contribution in [-0.2, 0) is 6.54 Å². The molecule has 4 rings (SSSR count). The zero-order valence-corrected chi connectivity index (χ0v) is 15.4. The van der Waals surface area contributed by atoms with E-state index in [2.05, 4.69) is 37.0 Å². The number of nitrogens with zero attached hydrogens (tertiary/aromatic N) is 5. The lowest BCUT2D eigenvalue weighted by Gasteiger charge is -2.32. The molecule has 1 unspecified atom stereocenters. The van der Waals surface area contributed by atoms with E-state index in [1.54, 1.807) is 0 Å². The summed E-state index contributed by atoms with van der Waals surface area (Å²) in [5, 5.41) is 3.53. The van der Waals surface area contributed by atoms with E-state index in [4.69, 9.17) is 0 Å². The Morgan fingerprint density at radius 3 is 2.50 bits per heavy atom. The Kier molecular flexibility index (Phi) is 5.59. The number of rotatable bonds is 3. The second-order valence-corrected chi connectivity index (χ2v) is 7.57. The van der Waals surface area contributed by atoms with Gasteiger partial charge in [-0.05, 0) is 38.4 Å². The Balaban J connectivity index is 0.00000169. The molecule has 1 spiro atoms. The van der Waals surface area contributed by atoms with Crippen molar-refractivity contribution in [2.75, 3.05) is 64.3 Å². The highest BCUT2D eigenvalue weighted by Gasteiger charge is 2.40. The number of anilines is 1. The average Bonchev–Trinajstić information content (AvgIpc) is 3.19. The Labute approximate surface area is 151 Å². The van der Waals surface area contributed by atoms with E-state index in [0.717, 1.165) is 38.7 Å². The molecule has 0 amide bonds. The molecule has 7 heteroatoms. The second-order valence-electron chi connectivity index (χ2n) is 7.57. The summed E-state index contributed by atoms with van der Waals surface area (Å²) in [4.78, 5) is 16.4. The standard InChI is InChI=1S/C17H28N6.ClH/c1-21-6-8-23(9-7-21)16-19-10-15(11-20-16)12-22-5-3-17(14-22)2-4-18-13-17;/h10-11,18H,2-9,12-14H2,1H3;1H. The first kappa shape index (κ1) is 17.9. The van der Waals surface area contributed by atoms with Gasteiger partial charge in [-0.3, -0.25) is 4.90 Å². The number of hydrogen-bond donors (Lipinski definition) is 1. The maximum atomic E-state index is 4.62. The van der Waals surface area contributed by atoms with E-state index in [-0.39, 0.29) is 12.4 Å². The van der Waals surface area contributed by atoms with Crippen molar-refractivity contribution in [1.29, 1.82) is 0 Å². The first-order valence-electron chi connectivity index (χ1n) is 8.90. The fraction of sp³-hybridized carbons (Fsp3) is 0.765. The lowest BCUT2D eigenvalue weighted by molar-refractivity contribution is 0.268. The SMILES string of the molecule is CN1CCN(c2ncc(CN3CCC4(CCNC4)C3)cn2)CC1.Cl. The molecule has 1 atom stereocenters. The summed E-state index contributed by atoms with van der Waals surface area (Å²) in [5.74, 6) is 0.889. The van der Waals surface area contributed by atoms with Crippen molar-refractivity contribution in [3.05, 3.63) is 18.0 Å². The number of piperazine rings is 1. The summed E-state index contributed by atoms with van der Waals surface area (Å²) in [6.45, 7) is 10.0. The van der Waals surface area contributed by atoms with Gasteiger partial charge < -0.3 is 15.1 Å². The second kappa shape index (κ2) is 7.52. The molecular formula is C17H29ClN6. The molecule has 3 fully saturated rings. The van der Waals surface area contributed by atoms with Crippen LogP contribution in [0.25, 0.3) is 0 Å². The van der Waals surface area contributed by atoms with E-state index < -0.39 is 0 Å². The molecule has 3 aliphatic heterocycles. The molecule has 4 heterocycles. The van der Waals surface area contributed by atoms with Crippen molar-refractivity contribution < 1.29 is 0 Å². The summed E-state index contributed by atoms with van der Waals surface area (Å²) in [7, 11) is 2.17. The first-order valence-corrected chi connectivity index (χ1v) is 8.90. The summed E-state index contributed by atoms with van der Waals surface area (Å²) in [6, 6.07) is 0. The third-order valence-corrected chi connectivity index (χ3v) is 5.73. The number of nitrogens with one attached hydrogen (secondary N) is 1. The maximum Gasteiger partial charge on any atom is 0.225 e. The van der Waals surface area contributed by atoms with Gasteiger partial charge in [0, 0.05) is 63.8 Å². The molecule has 1 N–H and O–H groups in total. The monoisotopic (exact) mass is 352 g/mol. The van der Waals surface area contributed by atoms with Gasteiger partial charge in [-0.2, -0.15) is 0 Å². The Hall–Kier alpha value is -0.950. The van der Waals surface area contributed by atoms with Gasteiger partial charge in [-0.1, -0.05) is 0 Å². The Bertz CT molecular complexity index is 522. The highest BCUT2D eigenvalue weighted by Crippen LogP contribution is 2.36. The molecule has 3 saturated heterocycles. The molecule has 0 bridgehead atoms. The lowest BCUT2D eigenvalue weighted by atomic mass is 9.87. The fourth-order valence-electron chi connectivity index (χ4n) is 4.16. The number of likely N-dealkylation sites (N-methyl/N-ethyl adjacent to an activating group) is 1. The average molecular weight is 353 g/mol. The highest BCUT2D eigenvalue weighted by atomic mass is 35.5. The largest absolute Gasteiger partial charge is 0.338 e. The van der Waals surface area contributed by atoms with Crippen LogP contribution in [0, 0.1) is 5.41 Å². The van der Waals surface area contributed by atoms with Crippen molar-refractivity contribution in [2.45, 2.75) is 19.4 Å². The van der Waals surface area contributed by atoms with Crippen LogP contribution < -0.4 is 10.2 Å². The van der Waals surface area contributed by atoms with Crippen LogP contribution in [0.3, 0.4) is 0 Å². The molecule has 0 saturated carbocycles. The number of halogens is 1. The normalized spacial score (nSPS) is 28.5. The van der Waals surface area contributed by atoms with Crippen LogP contribution in [0.4, 0.5) is 5.95 Å². The molecule has 1 aromatic rings. The van der Waals surface area contributed by atoms with Gasteiger partial charge in [0.2, 0.25) is 5.95 Å². The van der Waals surface area contributed by atoms with Gasteiger partial charge in [0.25, 0.3) is 0 Å². The minimum Gasteiger partial charge on any atom is -0.338 e. The molecule has 24 heavy (non-hydrogen) atoms. The third-order valence-electron chi connectivity index (χ3n) is 5.73. The van der Waals surface area contributed by atoms with Crippen LogP contribution in [0.2, 0.25) is 0 Å². The van der Waals surface area contributed by atoms with Crippen molar-refractivity contribution in [3.8, 4) is 0 Å². The van der Waals surface area contributed by atoms with E-state index in [1.807, 2.05) is 12.4 Å². The quantitative estimate of drug-likeness (QED) is 0.869. The van der Waals surface area contributed by atoms with E-state index in [1.165, 1.54) is 44.6 Å². The Morgan fingerprint density at radius 2 is 1.83 bits per heavy atom. The maximum absolute atomic E-state index is 4.62. The summed E-state index contributed by atoms with van der Waals surface area (Å²) >= 11 is 0. The van der Waals surface area contributed by atoms with Crippen LogP contribution >= 0.6 is 12.4 Å². The van der Waals surface area contributed by atoms with Crippen LogP contribution in [0.15, 0.2) is 12.4 Å². The van der Waals surface area contributed by atoms with Crippen LogP contribution in [0.5, 0.6) is 0 Å². The number of likely N-dealkylation sites (tertiary alicyclic amines) is 1. The molecule has 0 aliphatic carbocycles. The molecule has 0 radical (unpaired) electrons. The van der Waals surface area contributed by atoms with Crippen molar-refractivity contribution in [1.82, 2.24) is 25.1 Å². The molecule has 0 aromatic carbocycles. The molecule has 6 nitrogen and oxygen atoms in total. The van der Waals surface area contributed by atoms with Gasteiger partial charge in [-0.15, -0.1) is 12.4 Å². The predicted molar refractivity (Wildman–Crippen MR) is 98.8 cm³/mol. The van der Waals surface area contributed by atoms with Crippen LogP contribution in [0.1, 0.15) is 18.4 Å². The molecule has 134 valence electrons. The zero-order chi connectivity index (χ0) is 15.7. The van der Waals surface area contributed by atoms with Crippen molar-refractivity contribution >= 4 is 18.4 Å². The summed E-state index contributed by atoms with van der Waals surface area (Å²) < 4.78 is 0. The van der Waals surface area contributed by atoms with Gasteiger partial charge in [0.1, 0.15) is 0 Å². The number of hydrogen-bond acceptors (Lipinski definition) is 6. The zero-order valence-electron chi connectivity index (χ0n) is 14.6. The summed E-state index contributed by atoms with van der Waals surface area (Å²) in [5.41, 5.74) is 1.78. The topological polar surface area (TPSA) is 47.5 Å². The molecule has 3 aliphatic rings. The third kappa shape index (κ3) is 3.82. The van der Waals surface area contributed by atoms with Gasteiger partial charge in [-0.25, -0.2) is 9.97 Å². The van der Waals surface area contributed by atoms with E-state index in [0.29, 0.717) is 5.41 Å². The first-order chi connectivity index (χ1) is 11.2. The van der Waals surface area contributed by atoms with Crippen molar-refractivity contribution in [3.63, 3.8) is 0 Å². The van der Waals surface area contributed by atoms with Crippen molar-refractivity contribution in [2.24, 2.45) is 5.41 Å².